The van der Waals surface area contributed by atoms with E-state index in [9.17, 15) is 24.0 Å². The third-order valence-corrected chi connectivity index (χ3v) is 11.3. The number of hydrogen-bond donors (Lipinski definition) is 4. The molecule has 2 atom stereocenters. The van der Waals surface area contributed by atoms with E-state index in [0.29, 0.717) is 45.3 Å². The van der Waals surface area contributed by atoms with E-state index in [1.807, 2.05) is 79.2 Å². The van der Waals surface area contributed by atoms with Gasteiger partial charge in [0, 0.05) is 32.5 Å². The molecule has 5 aromatic rings. The summed E-state index contributed by atoms with van der Waals surface area (Å²) in [7, 11) is 2.63. The third-order valence-electron chi connectivity index (χ3n) is 8.31. The summed E-state index contributed by atoms with van der Waals surface area (Å²) >= 11 is 9.92. The summed E-state index contributed by atoms with van der Waals surface area (Å²) in [5, 5.41) is 10.4. The molecule has 0 bridgehead atoms. The summed E-state index contributed by atoms with van der Waals surface area (Å²) < 4.78 is 9.66. The van der Waals surface area contributed by atoms with Gasteiger partial charge in [0.15, 0.2) is 5.13 Å². The highest BCUT2D eigenvalue weighted by molar-refractivity contribution is 8.14. The van der Waals surface area contributed by atoms with Gasteiger partial charge in [0.1, 0.15) is 12.1 Å². The van der Waals surface area contributed by atoms with E-state index in [-0.39, 0.29) is 17.1 Å². The van der Waals surface area contributed by atoms with Crippen molar-refractivity contribution in [3.63, 3.8) is 0 Å². The molecular formula is C42H44N4O7S5. The number of hydrogen-bond acceptors (Lipinski definition) is 13. The smallest absolute Gasteiger partial charge is 0.328 e. The van der Waals surface area contributed by atoms with E-state index in [1.165, 1.54) is 25.6 Å². The summed E-state index contributed by atoms with van der Waals surface area (Å²) in [6.07, 6.45) is 6.49. The van der Waals surface area contributed by atoms with Crippen molar-refractivity contribution in [2.45, 2.75) is 34.7 Å². The topological polar surface area (TPSA) is 153 Å². The Kier molecular flexibility index (Phi) is 19.2. The van der Waals surface area contributed by atoms with Crippen LogP contribution in [0.3, 0.4) is 0 Å². The zero-order chi connectivity index (χ0) is 41.9. The standard InChI is InChI=1S/C23H23N3O4S3.C19H21NO3S2/c1-30-21(28)19(10-12-31-2)25-20(27)17-9-8-16(14-18(17)15-6-4-3-5-7-15)33-23(29)26-22-24-11-13-32-22;1-23-19(22)17(10-11-25-2)20-18(21)15-9-8-14(24)12-16(15)13-6-4-3-5-7-13/h3-9,11,13-14,19H,10,12H2,1-2H3,(H,25,27)(H,24,26,29);3-9,12,17,24H,10-11H2,1-2H3,(H,20,21)/t19-;17-/m00/s1. The van der Waals surface area contributed by atoms with E-state index in [1.54, 1.807) is 65.4 Å². The van der Waals surface area contributed by atoms with Crippen molar-refractivity contribution in [3.8, 4) is 22.3 Å². The molecule has 1 aromatic heterocycles. The van der Waals surface area contributed by atoms with Gasteiger partial charge in [-0.25, -0.2) is 14.6 Å². The molecule has 0 aliphatic carbocycles. The Bertz CT molecular complexity index is 2120. The quantitative estimate of drug-likeness (QED) is 0.0428. The zero-order valence-corrected chi connectivity index (χ0v) is 36.4. The summed E-state index contributed by atoms with van der Waals surface area (Å²) in [4.78, 5) is 67.9. The largest absolute Gasteiger partial charge is 0.467 e. The van der Waals surface area contributed by atoms with Crippen LogP contribution in [0.4, 0.5) is 9.93 Å². The molecule has 0 saturated heterocycles. The number of aromatic nitrogens is 1. The Morgan fingerprint density at radius 2 is 1.21 bits per heavy atom. The lowest BCUT2D eigenvalue weighted by molar-refractivity contribution is -0.143. The normalized spacial score (nSPS) is 11.5. The molecule has 0 aliphatic heterocycles. The van der Waals surface area contributed by atoms with Crippen LogP contribution in [0.5, 0.6) is 0 Å². The average molecular weight is 877 g/mol. The number of benzene rings is 4. The van der Waals surface area contributed by atoms with Gasteiger partial charge in [0.2, 0.25) is 0 Å². The second-order valence-electron chi connectivity index (χ2n) is 12.2. The lowest BCUT2D eigenvalue weighted by Crippen LogP contribution is -2.42. The molecule has 0 saturated carbocycles. The van der Waals surface area contributed by atoms with E-state index in [0.717, 1.165) is 39.1 Å². The lowest BCUT2D eigenvalue weighted by Gasteiger charge is -2.18. The molecule has 4 aromatic carbocycles. The molecule has 0 fully saturated rings. The molecule has 0 spiro atoms. The SMILES string of the molecule is COC(=O)[C@H](CCSC)NC(=O)c1ccc(S)cc1-c1ccccc1.COC(=O)[C@H](CCSC)NC(=O)c1ccc(SC(=O)Nc2nccs2)cc1-c1ccccc1. The van der Waals surface area contributed by atoms with Gasteiger partial charge in [0.25, 0.3) is 17.1 Å². The molecular weight excluding hydrogens is 833 g/mol. The first kappa shape index (κ1) is 46.0. The second-order valence-corrected chi connectivity index (χ2v) is 16.6. The Morgan fingerprint density at radius 1 is 0.707 bits per heavy atom. The van der Waals surface area contributed by atoms with Crippen LogP contribution in [0.15, 0.2) is 118 Å². The highest BCUT2D eigenvalue weighted by Gasteiger charge is 2.25. The number of nitrogens with one attached hydrogen (secondary N) is 3. The molecule has 0 radical (unpaired) electrons. The predicted octanol–water partition coefficient (Wildman–Crippen LogP) is 8.83. The Hall–Kier alpha value is -4.74. The molecule has 3 amide bonds. The molecule has 304 valence electrons. The minimum atomic E-state index is -0.739. The molecule has 0 unspecified atom stereocenters. The van der Waals surface area contributed by atoms with Crippen LogP contribution in [0.25, 0.3) is 22.3 Å². The molecule has 16 heteroatoms. The minimum Gasteiger partial charge on any atom is -0.467 e. The predicted molar refractivity (Wildman–Crippen MR) is 241 cm³/mol. The van der Waals surface area contributed by atoms with Crippen LogP contribution in [0, 0.1) is 0 Å². The van der Waals surface area contributed by atoms with Gasteiger partial charge < -0.3 is 20.1 Å². The van der Waals surface area contributed by atoms with E-state index in [4.69, 9.17) is 9.47 Å². The number of methoxy groups -OCH3 is 2. The molecule has 11 nitrogen and oxygen atoms in total. The number of rotatable bonds is 16. The summed E-state index contributed by atoms with van der Waals surface area (Å²) in [5.41, 5.74) is 4.09. The average Bonchev–Trinajstić information content (AvgIpc) is 3.76. The third kappa shape index (κ3) is 14.0. The fourth-order valence-corrected chi connectivity index (χ4v) is 7.87. The van der Waals surface area contributed by atoms with Crippen molar-refractivity contribution in [2.75, 3.05) is 43.6 Å². The summed E-state index contributed by atoms with van der Waals surface area (Å²) in [6, 6.07) is 28.2. The number of thioether (sulfide) groups is 3. The highest BCUT2D eigenvalue weighted by Crippen LogP contribution is 2.31. The maximum Gasteiger partial charge on any atom is 0.328 e. The maximum atomic E-state index is 13.2. The van der Waals surface area contributed by atoms with Gasteiger partial charge >= 0.3 is 11.9 Å². The van der Waals surface area contributed by atoms with E-state index >= 15 is 0 Å². The van der Waals surface area contributed by atoms with Crippen LogP contribution in [0.1, 0.15) is 33.6 Å². The van der Waals surface area contributed by atoms with Crippen LogP contribution in [-0.4, -0.2) is 84.3 Å². The van der Waals surface area contributed by atoms with Crippen LogP contribution in [0.2, 0.25) is 0 Å². The number of ether oxygens (including phenoxy) is 2. The maximum absolute atomic E-state index is 13.2. The monoisotopic (exact) mass is 876 g/mol. The molecule has 3 N–H and O–H groups in total. The Morgan fingerprint density at radius 3 is 1.67 bits per heavy atom. The molecule has 58 heavy (non-hydrogen) atoms. The molecule has 1 heterocycles. The van der Waals surface area contributed by atoms with Crippen molar-refractivity contribution >= 4 is 93.4 Å². The zero-order valence-electron chi connectivity index (χ0n) is 32.3. The fourth-order valence-electron chi connectivity index (χ4n) is 5.46. The van der Waals surface area contributed by atoms with E-state index < -0.39 is 24.0 Å². The van der Waals surface area contributed by atoms with Gasteiger partial charge in [-0.15, -0.1) is 24.0 Å². The number of carbonyl (C=O) groups is 5. The van der Waals surface area contributed by atoms with Crippen LogP contribution in [-0.2, 0) is 19.1 Å². The number of carbonyl (C=O) groups excluding carboxylic acids is 5. The van der Waals surface area contributed by atoms with Crippen LogP contribution < -0.4 is 16.0 Å². The highest BCUT2D eigenvalue weighted by atomic mass is 32.2. The minimum absolute atomic E-state index is 0.274. The van der Waals surface area contributed by atoms with Crippen molar-refractivity contribution in [2.24, 2.45) is 0 Å². The number of thiazole rings is 1. The fraction of sp³-hybridized carbons (Fsp3) is 0.238. The van der Waals surface area contributed by atoms with Crippen molar-refractivity contribution in [3.05, 3.63) is 120 Å². The summed E-state index contributed by atoms with van der Waals surface area (Å²) in [6.45, 7) is 0. The van der Waals surface area contributed by atoms with Gasteiger partial charge in [-0.05, 0) is 107 Å². The van der Waals surface area contributed by atoms with Gasteiger partial charge in [-0.2, -0.15) is 23.5 Å². The molecule has 5 rings (SSSR count). The number of thiol groups is 1. The number of anilines is 1. The van der Waals surface area contributed by atoms with Crippen LogP contribution >= 0.6 is 59.3 Å². The number of amides is 3. The lowest BCUT2D eigenvalue weighted by atomic mass is 9.99. The first-order chi connectivity index (χ1) is 28.1. The van der Waals surface area contributed by atoms with Gasteiger partial charge in [0.05, 0.1) is 14.2 Å². The number of nitrogens with zero attached hydrogens (tertiary/aromatic N) is 1. The first-order valence-electron chi connectivity index (χ1n) is 17.8. The second kappa shape index (κ2) is 24.2. The number of esters is 2. The molecule has 0 aliphatic rings. The van der Waals surface area contributed by atoms with Gasteiger partial charge in [-0.1, -0.05) is 60.7 Å². The van der Waals surface area contributed by atoms with E-state index in [2.05, 4.69) is 33.6 Å². The van der Waals surface area contributed by atoms with Gasteiger partial charge in [-0.3, -0.25) is 19.7 Å². The summed E-state index contributed by atoms with van der Waals surface area (Å²) in [5.74, 6) is -0.145. The van der Waals surface area contributed by atoms with Crippen molar-refractivity contribution in [1.29, 1.82) is 0 Å². The van der Waals surface area contributed by atoms with Crippen molar-refractivity contribution < 1.29 is 33.4 Å². The first-order valence-corrected chi connectivity index (χ1v) is 22.7. The Balaban J connectivity index is 0.000000267. The Labute approximate surface area is 360 Å². The van der Waals surface area contributed by atoms with Crippen molar-refractivity contribution in [1.82, 2.24) is 15.6 Å².